The van der Waals surface area contributed by atoms with Gasteiger partial charge in [-0.3, -0.25) is 4.79 Å². The summed E-state index contributed by atoms with van der Waals surface area (Å²) in [5.74, 6) is 0.366. The first-order chi connectivity index (χ1) is 9.86. The molecular weight excluding hydrogens is 288 g/mol. The Morgan fingerprint density at radius 2 is 1.90 bits per heavy atom. The maximum Gasteiger partial charge on any atom is 0.308 e. The molecule has 2 unspecified atom stereocenters. The van der Waals surface area contributed by atoms with Crippen molar-refractivity contribution in [3.63, 3.8) is 0 Å². The normalized spacial score (nSPS) is 21.3. The number of carbonyl (C=O) groups excluding carboxylic acids is 1. The van der Waals surface area contributed by atoms with Crippen LogP contribution in [-0.2, 0) is 25.8 Å². The molecular formula is C16H22O4S. The van der Waals surface area contributed by atoms with Gasteiger partial charge < -0.3 is 4.74 Å². The van der Waals surface area contributed by atoms with Crippen LogP contribution in [0.5, 0.6) is 0 Å². The van der Waals surface area contributed by atoms with E-state index in [2.05, 4.69) is 0 Å². The van der Waals surface area contributed by atoms with Crippen LogP contribution in [0.1, 0.15) is 32.3 Å². The molecule has 0 bridgehead atoms. The second kappa shape index (κ2) is 6.18. The van der Waals surface area contributed by atoms with E-state index in [9.17, 15) is 13.2 Å². The van der Waals surface area contributed by atoms with E-state index in [0.29, 0.717) is 10.8 Å². The Hall–Kier alpha value is -1.36. The highest BCUT2D eigenvalue weighted by Crippen LogP contribution is 2.42. The second-order valence-electron chi connectivity index (χ2n) is 5.90. The highest BCUT2D eigenvalue weighted by molar-refractivity contribution is 7.92. The van der Waals surface area contributed by atoms with Gasteiger partial charge in [-0.2, -0.15) is 0 Å². The van der Waals surface area contributed by atoms with Gasteiger partial charge in [-0.1, -0.05) is 12.1 Å². The first-order valence-electron chi connectivity index (χ1n) is 7.27. The number of methoxy groups -OCH3 is 1. The molecule has 2 atom stereocenters. The summed E-state index contributed by atoms with van der Waals surface area (Å²) in [6.45, 7) is 3.37. The molecule has 0 amide bonds. The van der Waals surface area contributed by atoms with Crippen LogP contribution in [0.3, 0.4) is 0 Å². The van der Waals surface area contributed by atoms with Gasteiger partial charge in [0.25, 0.3) is 0 Å². The van der Waals surface area contributed by atoms with Crippen molar-refractivity contribution in [3.05, 3.63) is 29.8 Å². The van der Waals surface area contributed by atoms with Gasteiger partial charge in [-0.25, -0.2) is 8.42 Å². The molecule has 1 aromatic carbocycles. The van der Waals surface area contributed by atoms with E-state index in [4.69, 9.17) is 4.74 Å². The van der Waals surface area contributed by atoms with E-state index in [1.54, 1.807) is 26.0 Å². The minimum atomic E-state index is -3.20. The monoisotopic (exact) mass is 310 g/mol. The van der Waals surface area contributed by atoms with Crippen LogP contribution in [-0.4, -0.2) is 26.7 Å². The number of rotatable bonds is 6. The Balaban J connectivity index is 1.91. The highest BCUT2D eigenvalue weighted by Gasteiger charge is 2.43. The molecule has 0 radical (unpaired) electrons. The molecule has 4 nitrogen and oxygen atoms in total. The number of carbonyl (C=O) groups is 1. The Labute approximate surface area is 126 Å². The molecule has 0 spiro atoms. The lowest BCUT2D eigenvalue weighted by atomic mass is 10.1. The fraction of sp³-hybridized carbons (Fsp3) is 0.562. The summed E-state index contributed by atoms with van der Waals surface area (Å²) >= 11 is 0. The topological polar surface area (TPSA) is 60.4 Å². The summed E-state index contributed by atoms with van der Waals surface area (Å²) in [6, 6.07) is 7.08. The van der Waals surface area contributed by atoms with Crippen LogP contribution in [0.4, 0.5) is 0 Å². The van der Waals surface area contributed by atoms with Gasteiger partial charge in [-0.15, -0.1) is 0 Å². The summed E-state index contributed by atoms with van der Waals surface area (Å²) in [7, 11) is -1.77. The van der Waals surface area contributed by atoms with E-state index < -0.39 is 15.1 Å². The zero-order valence-corrected chi connectivity index (χ0v) is 13.5. The summed E-state index contributed by atoms with van der Waals surface area (Å²) in [5.41, 5.74) is 1.10. The third-order valence-electron chi connectivity index (χ3n) is 4.10. The minimum Gasteiger partial charge on any atom is -0.469 e. The molecule has 0 heterocycles. The molecule has 116 valence electrons. The summed E-state index contributed by atoms with van der Waals surface area (Å²) < 4.78 is 28.8. The molecule has 0 saturated heterocycles. The highest BCUT2D eigenvalue weighted by atomic mass is 32.2. The first kappa shape index (κ1) is 16.0. The number of benzene rings is 1. The van der Waals surface area contributed by atoms with Crippen molar-refractivity contribution in [1.29, 1.82) is 0 Å². The molecule has 0 aliphatic heterocycles. The van der Waals surface area contributed by atoms with E-state index in [0.717, 1.165) is 24.8 Å². The van der Waals surface area contributed by atoms with Crippen LogP contribution in [0.15, 0.2) is 29.2 Å². The molecule has 2 rings (SSSR count). The van der Waals surface area contributed by atoms with Gasteiger partial charge in [0, 0.05) is 0 Å². The van der Waals surface area contributed by atoms with Crippen LogP contribution in [0.25, 0.3) is 0 Å². The predicted molar refractivity (Wildman–Crippen MR) is 80.7 cm³/mol. The minimum absolute atomic E-state index is 0.0654. The van der Waals surface area contributed by atoms with Crippen LogP contribution in [0, 0.1) is 11.8 Å². The SMILES string of the molecule is COC(=O)C1CC1CCc1ccc(S(=O)(=O)C(C)C)cc1. The number of hydrogen-bond acceptors (Lipinski definition) is 4. The van der Waals surface area contributed by atoms with Gasteiger partial charge in [0.15, 0.2) is 9.84 Å². The zero-order valence-electron chi connectivity index (χ0n) is 12.7. The van der Waals surface area contributed by atoms with E-state index >= 15 is 0 Å². The molecule has 1 aliphatic carbocycles. The van der Waals surface area contributed by atoms with Crippen molar-refractivity contribution in [2.75, 3.05) is 7.11 Å². The van der Waals surface area contributed by atoms with Crippen LogP contribution in [0.2, 0.25) is 0 Å². The molecule has 1 fully saturated rings. The molecule has 0 aromatic heterocycles. The average Bonchev–Trinajstić information content (AvgIpc) is 3.24. The Bertz CT molecular complexity index is 602. The van der Waals surface area contributed by atoms with Gasteiger partial charge in [0.1, 0.15) is 0 Å². The standard InChI is InChI=1S/C16H22O4S/c1-11(2)21(18,19)14-8-5-12(6-9-14)4-7-13-10-15(13)16(17)20-3/h5-6,8-9,11,13,15H,4,7,10H2,1-3H3. The molecule has 21 heavy (non-hydrogen) atoms. The molecule has 1 aromatic rings. The smallest absolute Gasteiger partial charge is 0.308 e. The van der Waals surface area contributed by atoms with Crippen molar-refractivity contribution in [1.82, 2.24) is 0 Å². The predicted octanol–water partition coefficient (Wildman–Crippen LogP) is 2.61. The fourth-order valence-corrected chi connectivity index (χ4v) is 3.54. The Morgan fingerprint density at radius 1 is 1.29 bits per heavy atom. The molecule has 0 N–H and O–H groups in total. The second-order valence-corrected chi connectivity index (χ2v) is 8.41. The summed E-state index contributed by atoms with van der Waals surface area (Å²) in [5, 5.41) is -0.407. The fourth-order valence-electron chi connectivity index (χ4n) is 2.48. The van der Waals surface area contributed by atoms with Crippen molar-refractivity contribution in [2.45, 2.75) is 43.3 Å². The summed E-state index contributed by atoms with van der Waals surface area (Å²) in [6.07, 6.45) is 2.71. The first-order valence-corrected chi connectivity index (χ1v) is 8.81. The molecule has 1 aliphatic rings. The van der Waals surface area contributed by atoms with Gasteiger partial charge in [0.2, 0.25) is 0 Å². The maximum atomic E-state index is 12.0. The van der Waals surface area contributed by atoms with Crippen molar-refractivity contribution >= 4 is 15.8 Å². The number of ether oxygens (including phenoxy) is 1. The largest absolute Gasteiger partial charge is 0.469 e. The Morgan fingerprint density at radius 3 is 2.43 bits per heavy atom. The van der Waals surface area contributed by atoms with E-state index in [1.165, 1.54) is 7.11 Å². The van der Waals surface area contributed by atoms with Crippen molar-refractivity contribution in [3.8, 4) is 0 Å². The van der Waals surface area contributed by atoms with Gasteiger partial charge in [-0.05, 0) is 56.7 Å². The van der Waals surface area contributed by atoms with Crippen LogP contribution >= 0.6 is 0 Å². The number of aryl methyl sites for hydroxylation is 1. The van der Waals surface area contributed by atoms with Crippen molar-refractivity contribution < 1.29 is 17.9 Å². The molecule has 1 saturated carbocycles. The maximum absolute atomic E-state index is 12.0. The number of esters is 1. The van der Waals surface area contributed by atoms with Gasteiger partial charge >= 0.3 is 5.97 Å². The Kier molecular flexibility index (Phi) is 4.71. The van der Waals surface area contributed by atoms with E-state index in [1.807, 2.05) is 12.1 Å². The van der Waals surface area contributed by atoms with Crippen LogP contribution < -0.4 is 0 Å². The van der Waals surface area contributed by atoms with Crippen molar-refractivity contribution in [2.24, 2.45) is 11.8 Å². The average molecular weight is 310 g/mol. The lowest BCUT2D eigenvalue weighted by Crippen LogP contribution is -2.13. The lowest BCUT2D eigenvalue weighted by molar-refractivity contribution is -0.142. The summed E-state index contributed by atoms with van der Waals surface area (Å²) in [4.78, 5) is 11.7. The third kappa shape index (κ3) is 3.64. The van der Waals surface area contributed by atoms with E-state index in [-0.39, 0.29) is 11.9 Å². The lowest BCUT2D eigenvalue weighted by Gasteiger charge is -2.08. The molecule has 5 heteroatoms. The zero-order chi connectivity index (χ0) is 15.6. The quantitative estimate of drug-likeness (QED) is 0.758. The number of hydrogen-bond donors (Lipinski definition) is 0. The number of sulfone groups is 1. The third-order valence-corrected chi connectivity index (χ3v) is 6.27. The van der Waals surface area contributed by atoms with Gasteiger partial charge in [0.05, 0.1) is 23.2 Å².